The van der Waals surface area contributed by atoms with Crippen LogP contribution >= 0.6 is 0 Å². The lowest BCUT2D eigenvalue weighted by Crippen LogP contribution is -2.14. The molecule has 1 heteroatoms. The van der Waals surface area contributed by atoms with E-state index in [-0.39, 0.29) is 0 Å². The number of benzene rings is 1. The van der Waals surface area contributed by atoms with Gasteiger partial charge in [0.1, 0.15) is 0 Å². The summed E-state index contributed by atoms with van der Waals surface area (Å²) in [5, 5.41) is 3.59. The molecule has 0 spiro atoms. The summed E-state index contributed by atoms with van der Waals surface area (Å²) in [7, 11) is 0. The Morgan fingerprint density at radius 1 is 1.29 bits per heavy atom. The van der Waals surface area contributed by atoms with Gasteiger partial charge in [0.05, 0.1) is 0 Å². The molecule has 1 aliphatic rings. The molecule has 76 valence electrons. The minimum Gasteiger partial charge on any atom is -0.310 e. The lowest BCUT2D eigenvalue weighted by molar-refractivity contribution is 0.609. The van der Waals surface area contributed by atoms with Crippen molar-refractivity contribution >= 4 is 0 Å². The standard InChI is InChI=1S/C13H19N/c1-9-4-5-11(3)12(6-9)13-7-10(2)8-14-13/h4-6,10,13-14H,7-8H2,1-3H3/t10-,13-/m1/s1. The summed E-state index contributed by atoms with van der Waals surface area (Å²) in [6.07, 6.45) is 1.28. The molecule has 0 aliphatic carbocycles. The van der Waals surface area contributed by atoms with Gasteiger partial charge in [0.2, 0.25) is 0 Å². The van der Waals surface area contributed by atoms with E-state index >= 15 is 0 Å². The fourth-order valence-electron chi connectivity index (χ4n) is 2.28. The van der Waals surface area contributed by atoms with Crippen molar-refractivity contribution in [1.29, 1.82) is 0 Å². The SMILES string of the molecule is Cc1ccc(C)c([C@H]2C[C@@H](C)CN2)c1. The Morgan fingerprint density at radius 3 is 2.71 bits per heavy atom. The number of aryl methyl sites for hydroxylation is 2. The van der Waals surface area contributed by atoms with Gasteiger partial charge in [-0.1, -0.05) is 30.7 Å². The molecule has 1 heterocycles. The molecule has 0 unspecified atom stereocenters. The third-order valence-electron chi connectivity index (χ3n) is 3.16. The molecule has 1 aromatic rings. The van der Waals surface area contributed by atoms with Crippen molar-refractivity contribution in [3.63, 3.8) is 0 Å². The van der Waals surface area contributed by atoms with Crippen molar-refractivity contribution in [2.45, 2.75) is 33.2 Å². The van der Waals surface area contributed by atoms with Crippen LogP contribution in [0.4, 0.5) is 0 Å². The molecule has 0 amide bonds. The van der Waals surface area contributed by atoms with Gasteiger partial charge in [-0.2, -0.15) is 0 Å². The summed E-state index contributed by atoms with van der Waals surface area (Å²) in [5.74, 6) is 0.819. The second kappa shape index (κ2) is 3.74. The summed E-state index contributed by atoms with van der Waals surface area (Å²) in [4.78, 5) is 0. The topological polar surface area (TPSA) is 12.0 Å². The van der Waals surface area contributed by atoms with Gasteiger partial charge in [0.15, 0.2) is 0 Å². The lowest BCUT2D eigenvalue weighted by atomic mass is 9.96. The first kappa shape index (κ1) is 9.72. The molecule has 1 aromatic carbocycles. The Morgan fingerprint density at radius 2 is 2.07 bits per heavy atom. The Labute approximate surface area is 86.5 Å². The quantitative estimate of drug-likeness (QED) is 0.716. The fourth-order valence-corrected chi connectivity index (χ4v) is 2.28. The summed E-state index contributed by atoms with van der Waals surface area (Å²) in [6, 6.07) is 7.34. The van der Waals surface area contributed by atoms with Gasteiger partial charge < -0.3 is 5.32 Å². The molecule has 1 fully saturated rings. The van der Waals surface area contributed by atoms with Crippen LogP contribution in [0, 0.1) is 19.8 Å². The molecule has 1 aliphatic heterocycles. The van der Waals surface area contributed by atoms with Crippen molar-refractivity contribution in [2.75, 3.05) is 6.54 Å². The molecule has 0 radical (unpaired) electrons. The second-order valence-electron chi connectivity index (χ2n) is 4.66. The van der Waals surface area contributed by atoms with Crippen molar-refractivity contribution in [3.05, 3.63) is 34.9 Å². The highest BCUT2D eigenvalue weighted by molar-refractivity contribution is 5.33. The van der Waals surface area contributed by atoms with Crippen LogP contribution in [0.3, 0.4) is 0 Å². The zero-order chi connectivity index (χ0) is 10.1. The smallest absolute Gasteiger partial charge is 0.0326 e. The highest BCUT2D eigenvalue weighted by atomic mass is 14.9. The van der Waals surface area contributed by atoms with E-state index in [0.717, 1.165) is 12.5 Å². The van der Waals surface area contributed by atoms with E-state index in [1.807, 2.05) is 0 Å². The van der Waals surface area contributed by atoms with Gasteiger partial charge in [-0.3, -0.25) is 0 Å². The van der Waals surface area contributed by atoms with E-state index < -0.39 is 0 Å². The summed E-state index contributed by atoms with van der Waals surface area (Å²) < 4.78 is 0. The maximum atomic E-state index is 3.59. The summed E-state index contributed by atoms with van der Waals surface area (Å²) >= 11 is 0. The minimum absolute atomic E-state index is 0.588. The van der Waals surface area contributed by atoms with E-state index in [0.29, 0.717) is 6.04 Å². The van der Waals surface area contributed by atoms with Gasteiger partial charge in [0, 0.05) is 6.04 Å². The predicted octanol–water partition coefficient (Wildman–Crippen LogP) is 2.97. The highest BCUT2D eigenvalue weighted by Gasteiger charge is 2.22. The van der Waals surface area contributed by atoms with Crippen molar-refractivity contribution in [2.24, 2.45) is 5.92 Å². The fraction of sp³-hybridized carbons (Fsp3) is 0.538. The third kappa shape index (κ3) is 1.83. The molecule has 1 N–H and O–H groups in total. The number of nitrogens with one attached hydrogen (secondary N) is 1. The number of hydrogen-bond acceptors (Lipinski definition) is 1. The van der Waals surface area contributed by atoms with Crippen LogP contribution in [0.2, 0.25) is 0 Å². The summed E-state index contributed by atoms with van der Waals surface area (Å²) in [6.45, 7) is 7.86. The molecule has 0 aromatic heterocycles. The largest absolute Gasteiger partial charge is 0.310 e. The second-order valence-corrected chi connectivity index (χ2v) is 4.66. The molecular formula is C13H19N. The lowest BCUT2D eigenvalue weighted by Gasteiger charge is -2.14. The molecular weight excluding hydrogens is 170 g/mol. The normalized spacial score (nSPS) is 26.8. The van der Waals surface area contributed by atoms with E-state index in [4.69, 9.17) is 0 Å². The maximum absolute atomic E-state index is 3.59. The Kier molecular flexibility index (Phi) is 2.60. The third-order valence-corrected chi connectivity index (χ3v) is 3.16. The van der Waals surface area contributed by atoms with Gasteiger partial charge >= 0.3 is 0 Å². The monoisotopic (exact) mass is 189 g/mol. The predicted molar refractivity (Wildman–Crippen MR) is 60.4 cm³/mol. The number of rotatable bonds is 1. The van der Waals surface area contributed by atoms with Crippen LogP contribution in [-0.4, -0.2) is 6.54 Å². The first-order valence-electron chi connectivity index (χ1n) is 5.47. The maximum Gasteiger partial charge on any atom is 0.0326 e. The van der Waals surface area contributed by atoms with Crippen molar-refractivity contribution in [1.82, 2.24) is 5.32 Å². The molecule has 1 saturated heterocycles. The van der Waals surface area contributed by atoms with Gasteiger partial charge in [0.25, 0.3) is 0 Å². The molecule has 2 atom stereocenters. The van der Waals surface area contributed by atoms with Crippen LogP contribution in [-0.2, 0) is 0 Å². The Balaban J connectivity index is 2.27. The van der Waals surface area contributed by atoms with Crippen LogP contribution in [0.15, 0.2) is 18.2 Å². The first-order valence-corrected chi connectivity index (χ1v) is 5.47. The highest BCUT2D eigenvalue weighted by Crippen LogP contribution is 2.29. The van der Waals surface area contributed by atoms with Crippen LogP contribution in [0.25, 0.3) is 0 Å². The molecule has 0 bridgehead atoms. The van der Waals surface area contributed by atoms with Crippen LogP contribution < -0.4 is 5.32 Å². The molecule has 1 nitrogen and oxygen atoms in total. The van der Waals surface area contributed by atoms with Crippen LogP contribution in [0.1, 0.15) is 36.1 Å². The number of hydrogen-bond donors (Lipinski definition) is 1. The molecule has 0 saturated carbocycles. The first-order chi connectivity index (χ1) is 6.66. The average Bonchev–Trinajstić information content (AvgIpc) is 2.56. The van der Waals surface area contributed by atoms with E-state index in [9.17, 15) is 0 Å². The average molecular weight is 189 g/mol. The summed E-state index contributed by atoms with van der Waals surface area (Å²) in [5.41, 5.74) is 4.28. The van der Waals surface area contributed by atoms with E-state index in [1.165, 1.54) is 23.1 Å². The zero-order valence-corrected chi connectivity index (χ0v) is 9.30. The van der Waals surface area contributed by atoms with Gasteiger partial charge in [-0.15, -0.1) is 0 Å². The van der Waals surface area contributed by atoms with Crippen molar-refractivity contribution in [3.8, 4) is 0 Å². The van der Waals surface area contributed by atoms with Crippen molar-refractivity contribution < 1.29 is 0 Å². The van der Waals surface area contributed by atoms with Gasteiger partial charge in [-0.25, -0.2) is 0 Å². The zero-order valence-electron chi connectivity index (χ0n) is 9.30. The van der Waals surface area contributed by atoms with Crippen LogP contribution in [0.5, 0.6) is 0 Å². The Hall–Kier alpha value is -0.820. The Bertz CT molecular complexity index is 330. The molecule has 2 rings (SSSR count). The van der Waals surface area contributed by atoms with E-state index in [2.05, 4.69) is 44.3 Å². The molecule has 14 heavy (non-hydrogen) atoms. The van der Waals surface area contributed by atoms with Gasteiger partial charge in [-0.05, 0) is 43.9 Å². The minimum atomic E-state index is 0.588. The van der Waals surface area contributed by atoms with E-state index in [1.54, 1.807) is 0 Å².